The van der Waals surface area contributed by atoms with Crippen LogP contribution < -0.4 is 14.9 Å². The van der Waals surface area contributed by atoms with Crippen LogP contribution in [-0.4, -0.2) is 21.6 Å². The van der Waals surface area contributed by atoms with E-state index in [4.69, 9.17) is 4.74 Å². The maximum Gasteiger partial charge on any atom is 0.338 e. The zero-order valence-electron chi connectivity index (χ0n) is 17.5. The number of carbonyl (C=O) groups is 1. The number of nitro groups is 1. The number of thiophene rings is 1. The Balaban J connectivity index is 1.87. The Morgan fingerprint density at radius 2 is 2.00 bits per heavy atom. The molecule has 8 nitrogen and oxygen atoms in total. The van der Waals surface area contributed by atoms with Crippen LogP contribution in [0.15, 0.2) is 62.8 Å². The first-order chi connectivity index (χ1) is 15.3. The molecule has 0 bridgehead atoms. The number of nitrogens with zero attached hydrogens (tertiary/aromatic N) is 3. The van der Waals surface area contributed by atoms with E-state index in [2.05, 4.69) is 4.99 Å². The molecule has 32 heavy (non-hydrogen) atoms. The standard InChI is InChI=1S/C22H19N3O5S2/c1-12(2)30-21(27)18-13(3)23-22-24(19(18)16-5-4-10-31-16)20(26)17(32-22)11-14-6-8-15(9-7-14)25(28)29/h4-12,19H,1-3H3/b17-11-/t19-/m0/s1. The second-order valence-electron chi connectivity index (χ2n) is 7.40. The number of allylic oxidation sites excluding steroid dienone is 1. The number of esters is 1. The Hall–Kier alpha value is -3.37. The van der Waals surface area contributed by atoms with Crippen LogP contribution in [0.4, 0.5) is 5.69 Å². The average molecular weight is 470 g/mol. The molecular weight excluding hydrogens is 450 g/mol. The Morgan fingerprint density at radius 3 is 2.59 bits per heavy atom. The maximum atomic E-state index is 13.4. The van der Waals surface area contributed by atoms with Crippen molar-refractivity contribution in [3.8, 4) is 0 Å². The van der Waals surface area contributed by atoms with Crippen molar-refractivity contribution >= 4 is 40.4 Å². The molecule has 1 aromatic carbocycles. The molecule has 3 heterocycles. The van der Waals surface area contributed by atoms with Crippen LogP contribution in [-0.2, 0) is 9.53 Å². The lowest BCUT2D eigenvalue weighted by Gasteiger charge is -2.24. The number of fused-ring (bicyclic) bond motifs is 1. The molecular formula is C22H19N3O5S2. The number of hydrogen-bond donors (Lipinski definition) is 0. The highest BCUT2D eigenvalue weighted by Crippen LogP contribution is 2.33. The predicted octanol–water partition coefficient (Wildman–Crippen LogP) is 3.16. The molecule has 0 N–H and O–H groups in total. The molecule has 0 aliphatic carbocycles. The van der Waals surface area contributed by atoms with E-state index in [-0.39, 0.29) is 17.4 Å². The smallest absolute Gasteiger partial charge is 0.338 e. The number of hydrogen-bond acceptors (Lipinski definition) is 8. The molecule has 0 spiro atoms. The Morgan fingerprint density at radius 1 is 1.28 bits per heavy atom. The van der Waals surface area contributed by atoms with Crippen LogP contribution >= 0.6 is 22.7 Å². The number of thiazole rings is 1. The highest BCUT2D eigenvalue weighted by atomic mass is 32.1. The second-order valence-corrected chi connectivity index (χ2v) is 9.39. The topological polar surface area (TPSA) is 104 Å². The number of carbonyl (C=O) groups excluding carboxylic acids is 1. The van der Waals surface area contributed by atoms with Crippen LogP contribution in [0.3, 0.4) is 0 Å². The van der Waals surface area contributed by atoms with Gasteiger partial charge in [-0.2, -0.15) is 0 Å². The van der Waals surface area contributed by atoms with Gasteiger partial charge in [0.1, 0.15) is 6.04 Å². The summed E-state index contributed by atoms with van der Waals surface area (Å²) < 4.78 is 7.40. The summed E-state index contributed by atoms with van der Waals surface area (Å²) in [5.74, 6) is -0.496. The first kappa shape index (κ1) is 21.8. The molecule has 1 aliphatic rings. The molecule has 0 saturated heterocycles. The molecule has 0 unspecified atom stereocenters. The lowest BCUT2D eigenvalue weighted by molar-refractivity contribution is -0.384. The van der Waals surface area contributed by atoms with Crippen molar-refractivity contribution in [1.29, 1.82) is 0 Å². The Labute approximate surface area is 190 Å². The van der Waals surface area contributed by atoms with Gasteiger partial charge in [-0.3, -0.25) is 19.5 Å². The predicted molar refractivity (Wildman–Crippen MR) is 122 cm³/mol. The zero-order chi connectivity index (χ0) is 23.0. The summed E-state index contributed by atoms with van der Waals surface area (Å²) in [4.78, 5) is 42.6. The fourth-order valence-electron chi connectivity index (χ4n) is 3.42. The average Bonchev–Trinajstić information content (AvgIpc) is 3.36. The Kier molecular flexibility index (Phi) is 5.90. The van der Waals surface area contributed by atoms with Gasteiger partial charge in [0.25, 0.3) is 11.2 Å². The van der Waals surface area contributed by atoms with Gasteiger partial charge in [0.05, 0.1) is 26.8 Å². The van der Waals surface area contributed by atoms with E-state index < -0.39 is 16.9 Å². The molecule has 164 valence electrons. The molecule has 0 amide bonds. The quantitative estimate of drug-likeness (QED) is 0.324. The lowest BCUT2D eigenvalue weighted by atomic mass is 10.0. The highest BCUT2D eigenvalue weighted by Gasteiger charge is 2.34. The third-order valence-corrected chi connectivity index (χ3v) is 6.71. The third-order valence-electron chi connectivity index (χ3n) is 4.80. The van der Waals surface area contributed by atoms with Gasteiger partial charge in [0.15, 0.2) is 4.80 Å². The van der Waals surface area contributed by atoms with Gasteiger partial charge in [-0.25, -0.2) is 9.79 Å². The maximum absolute atomic E-state index is 13.4. The summed E-state index contributed by atoms with van der Waals surface area (Å²) >= 11 is 2.66. The molecule has 3 aromatic rings. The van der Waals surface area contributed by atoms with Crippen LogP contribution in [0.25, 0.3) is 6.08 Å². The zero-order valence-corrected chi connectivity index (χ0v) is 19.1. The summed E-state index contributed by atoms with van der Waals surface area (Å²) in [6, 6.07) is 9.07. The minimum Gasteiger partial charge on any atom is -0.459 e. The number of aromatic nitrogens is 1. The second kappa shape index (κ2) is 8.64. The Bertz CT molecular complexity index is 1400. The summed E-state index contributed by atoms with van der Waals surface area (Å²) in [5, 5.41) is 12.8. The van der Waals surface area contributed by atoms with E-state index >= 15 is 0 Å². The van der Waals surface area contributed by atoms with Crippen molar-refractivity contribution < 1.29 is 14.5 Å². The molecule has 0 fully saturated rings. The first-order valence-electron chi connectivity index (χ1n) is 9.77. The van der Waals surface area contributed by atoms with Gasteiger partial charge < -0.3 is 4.74 Å². The number of non-ortho nitro benzene ring substituents is 1. The van der Waals surface area contributed by atoms with Gasteiger partial charge in [-0.1, -0.05) is 17.4 Å². The molecule has 10 heteroatoms. The van der Waals surface area contributed by atoms with E-state index in [1.54, 1.807) is 39.0 Å². The van der Waals surface area contributed by atoms with Gasteiger partial charge in [0.2, 0.25) is 0 Å². The summed E-state index contributed by atoms with van der Waals surface area (Å²) in [7, 11) is 0. The van der Waals surface area contributed by atoms with Crippen molar-refractivity contribution in [3.63, 3.8) is 0 Å². The third kappa shape index (κ3) is 4.06. The molecule has 1 atom stereocenters. The number of nitro benzene ring substituents is 1. The monoisotopic (exact) mass is 469 g/mol. The van der Waals surface area contributed by atoms with Crippen LogP contribution in [0.2, 0.25) is 0 Å². The lowest BCUT2D eigenvalue weighted by Crippen LogP contribution is -2.39. The fourth-order valence-corrected chi connectivity index (χ4v) is 5.29. The van der Waals surface area contributed by atoms with Gasteiger partial charge in [-0.05, 0) is 56.0 Å². The van der Waals surface area contributed by atoms with E-state index in [1.165, 1.54) is 39.4 Å². The van der Waals surface area contributed by atoms with Crippen molar-refractivity contribution in [1.82, 2.24) is 4.57 Å². The van der Waals surface area contributed by atoms with Crippen molar-refractivity contribution in [2.45, 2.75) is 32.9 Å². The van der Waals surface area contributed by atoms with Crippen LogP contribution in [0.1, 0.15) is 37.3 Å². The van der Waals surface area contributed by atoms with Crippen LogP contribution in [0.5, 0.6) is 0 Å². The van der Waals surface area contributed by atoms with E-state index in [0.29, 0.717) is 26.2 Å². The van der Waals surface area contributed by atoms with Crippen molar-refractivity contribution in [2.24, 2.45) is 4.99 Å². The van der Waals surface area contributed by atoms with Gasteiger partial charge in [-0.15, -0.1) is 11.3 Å². The fraction of sp³-hybridized carbons (Fsp3) is 0.227. The molecule has 1 aliphatic heterocycles. The SMILES string of the molecule is CC1=C(C(=O)OC(C)C)[C@H](c2cccs2)n2c(s/c(=C\c3ccc([N+](=O)[O-])cc3)c2=O)=N1. The summed E-state index contributed by atoms with van der Waals surface area (Å²) in [5.41, 5.74) is 1.20. The molecule has 2 aromatic heterocycles. The van der Waals surface area contributed by atoms with Crippen molar-refractivity contribution in [2.75, 3.05) is 0 Å². The minimum atomic E-state index is -0.628. The van der Waals surface area contributed by atoms with Gasteiger partial charge >= 0.3 is 5.97 Å². The van der Waals surface area contributed by atoms with E-state index in [1.807, 2.05) is 17.5 Å². The molecule has 0 radical (unpaired) electrons. The summed E-state index contributed by atoms with van der Waals surface area (Å²) in [6.45, 7) is 5.28. The normalized spacial score (nSPS) is 16.1. The molecule has 4 rings (SSSR count). The minimum absolute atomic E-state index is 0.0229. The van der Waals surface area contributed by atoms with Crippen molar-refractivity contribution in [3.05, 3.63) is 93.3 Å². The van der Waals surface area contributed by atoms with Crippen LogP contribution in [0, 0.1) is 10.1 Å². The molecule has 0 saturated carbocycles. The van der Waals surface area contributed by atoms with E-state index in [0.717, 1.165) is 4.88 Å². The highest BCUT2D eigenvalue weighted by molar-refractivity contribution is 7.10. The summed E-state index contributed by atoms with van der Waals surface area (Å²) in [6.07, 6.45) is 1.36. The largest absolute Gasteiger partial charge is 0.459 e. The van der Waals surface area contributed by atoms with Gasteiger partial charge in [0, 0.05) is 17.0 Å². The number of benzene rings is 1. The number of rotatable bonds is 5. The number of ether oxygens (including phenoxy) is 1. The first-order valence-corrected chi connectivity index (χ1v) is 11.5. The van der Waals surface area contributed by atoms with E-state index in [9.17, 15) is 19.7 Å².